The van der Waals surface area contributed by atoms with Crippen molar-refractivity contribution in [1.29, 1.82) is 0 Å². The fourth-order valence-electron chi connectivity index (χ4n) is 5.30. The first-order chi connectivity index (χ1) is 24.8. The van der Waals surface area contributed by atoms with E-state index in [1.54, 1.807) is 47.0 Å². The van der Waals surface area contributed by atoms with Crippen LogP contribution in [-0.4, -0.2) is 60.3 Å². The highest BCUT2D eigenvalue weighted by molar-refractivity contribution is 6.02. The maximum absolute atomic E-state index is 13.5. The summed E-state index contributed by atoms with van der Waals surface area (Å²) in [4.78, 5) is 45.1. The van der Waals surface area contributed by atoms with Crippen molar-refractivity contribution in [1.82, 2.24) is 30.2 Å². The van der Waals surface area contributed by atoms with Gasteiger partial charge in [-0.1, -0.05) is 78.9 Å². The molecule has 0 fully saturated rings. The van der Waals surface area contributed by atoms with Crippen LogP contribution in [0, 0.1) is 10.1 Å². The first-order valence-electron chi connectivity index (χ1n) is 15.7. The predicted molar refractivity (Wildman–Crippen MR) is 179 cm³/mol. The zero-order valence-electron chi connectivity index (χ0n) is 27.4. The maximum atomic E-state index is 13.5. The van der Waals surface area contributed by atoms with Crippen LogP contribution in [-0.2, 0) is 38.8 Å². The molecule has 0 aliphatic carbocycles. The summed E-state index contributed by atoms with van der Waals surface area (Å²) in [6, 6.07) is 27.5. The first-order valence-corrected chi connectivity index (χ1v) is 15.7. The van der Waals surface area contributed by atoms with Crippen molar-refractivity contribution in [3.05, 3.63) is 123 Å². The van der Waals surface area contributed by atoms with Gasteiger partial charge in [0.15, 0.2) is 0 Å². The van der Waals surface area contributed by atoms with Gasteiger partial charge in [-0.2, -0.15) is 10.2 Å². The van der Waals surface area contributed by atoms with Crippen molar-refractivity contribution < 1.29 is 38.5 Å². The van der Waals surface area contributed by atoms with Gasteiger partial charge < -0.3 is 23.8 Å². The lowest BCUT2D eigenvalue weighted by Crippen LogP contribution is -2.22. The lowest BCUT2D eigenvalue weighted by atomic mass is 9.98. The molecule has 0 aliphatic rings. The number of imidazole rings is 1. The number of hydrogen-bond donors (Lipinski definition) is 1. The number of esters is 1. The lowest BCUT2D eigenvalue weighted by Gasteiger charge is -2.15. The van der Waals surface area contributed by atoms with Gasteiger partial charge in [-0.25, -0.2) is 9.59 Å². The Balaban J connectivity index is 1.14. The van der Waals surface area contributed by atoms with E-state index in [4.69, 9.17) is 18.9 Å². The number of fused-ring (bicyclic) bond motifs is 1. The van der Waals surface area contributed by atoms with Crippen LogP contribution in [0.4, 0.5) is 4.79 Å². The molecule has 0 radical (unpaired) electrons. The van der Waals surface area contributed by atoms with Crippen LogP contribution in [0.5, 0.6) is 6.01 Å². The minimum atomic E-state index is -1.28. The molecule has 6 aromatic rings. The number of aromatic amines is 1. The van der Waals surface area contributed by atoms with Crippen molar-refractivity contribution in [3.8, 4) is 28.5 Å². The van der Waals surface area contributed by atoms with Crippen LogP contribution in [0.25, 0.3) is 33.5 Å². The Morgan fingerprint density at radius 1 is 0.882 bits per heavy atom. The van der Waals surface area contributed by atoms with Crippen molar-refractivity contribution >= 4 is 23.2 Å². The van der Waals surface area contributed by atoms with E-state index in [2.05, 4.69) is 30.4 Å². The molecular formula is C35H31N7O9. The summed E-state index contributed by atoms with van der Waals surface area (Å²) < 4.78 is 23.4. The minimum absolute atomic E-state index is 0.138. The Morgan fingerprint density at radius 2 is 1.59 bits per heavy atom. The van der Waals surface area contributed by atoms with E-state index in [1.165, 1.54) is 6.92 Å². The molecule has 6 rings (SSSR count). The number of para-hydroxylation sites is 1. The van der Waals surface area contributed by atoms with Gasteiger partial charge in [0.2, 0.25) is 12.1 Å². The summed E-state index contributed by atoms with van der Waals surface area (Å²) in [6.07, 6.45) is -2.34. The van der Waals surface area contributed by atoms with Gasteiger partial charge in [0.1, 0.15) is 13.2 Å². The van der Waals surface area contributed by atoms with E-state index >= 15 is 0 Å². The summed E-state index contributed by atoms with van der Waals surface area (Å²) in [5, 5.41) is 23.9. The lowest BCUT2D eigenvalue weighted by molar-refractivity contribution is -0.763. The molecule has 0 bridgehead atoms. The minimum Gasteiger partial charge on any atom is -0.465 e. The fraction of sp³-hybridized carbons (Fsp3) is 0.200. The Labute approximate surface area is 290 Å². The quantitative estimate of drug-likeness (QED) is 0.0614. The molecule has 16 nitrogen and oxygen atoms in total. The van der Waals surface area contributed by atoms with Crippen molar-refractivity contribution in [2.75, 3.05) is 6.61 Å². The largest absolute Gasteiger partial charge is 0.511 e. The number of tetrazole rings is 1. The molecule has 1 N–H and O–H groups in total. The Kier molecular flexibility index (Phi) is 10.4. The van der Waals surface area contributed by atoms with Gasteiger partial charge in [0.05, 0.1) is 29.7 Å². The molecule has 2 aromatic heterocycles. The van der Waals surface area contributed by atoms with Crippen molar-refractivity contribution in [2.24, 2.45) is 0 Å². The number of hydrogen-bond acceptors (Lipinski definition) is 13. The Hall–Kier alpha value is -6.84. The summed E-state index contributed by atoms with van der Waals surface area (Å²) >= 11 is 0. The average Bonchev–Trinajstić information content (AvgIpc) is 3.79. The second-order valence-electron chi connectivity index (χ2n) is 11.0. The molecule has 0 aliphatic heterocycles. The van der Waals surface area contributed by atoms with Crippen molar-refractivity contribution in [3.63, 3.8) is 0 Å². The molecule has 16 heteroatoms. The standard InChI is InChI=1S/C35H31N7O9/c1-3-47-34-36-30-10-6-9-29(33(43)50-22(2)51-35(44)48-20-24-11-13-25(14-12-24)21-49-42(45)46)31(30)41(34)19-23-15-17-26(18-16-23)27-7-4-5-8-28(27)32-37-39-40-38-32/h4-18,22H,3,19-21H2,1-2H3,(H,37,38,39,40). The Bertz CT molecular complexity index is 2130. The second-order valence-corrected chi connectivity index (χ2v) is 11.0. The second kappa shape index (κ2) is 15.6. The third-order valence-electron chi connectivity index (χ3n) is 7.60. The zero-order valence-corrected chi connectivity index (χ0v) is 27.4. The van der Waals surface area contributed by atoms with Gasteiger partial charge >= 0.3 is 12.1 Å². The third kappa shape index (κ3) is 8.25. The van der Waals surface area contributed by atoms with Gasteiger partial charge in [-0.05, 0) is 52.1 Å². The number of ether oxygens (including phenoxy) is 4. The molecular weight excluding hydrogens is 662 g/mol. The molecule has 1 unspecified atom stereocenters. The van der Waals surface area contributed by atoms with E-state index in [0.29, 0.717) is 47.1 Å². The van der Waals surface area contributed by atoms with Crippen LogP contribution >= 0.6 is 0 Å². The molecule has 260 valence electrons. The smallest absolute Gasteiger partial charge is 0.465 e. The van der Waals surface area contributed by atoms with E-state index in [0.717, 1.165) is 22.3 Å². The molecule has 0 amide bonds. The van der Waals surface area contributed by atoms with Gasteiger partial charge in [0, 0.05) is 12.5 Å². The molecule has 0 saturated carbocycles. The van der Waals surface area contributed by atoms with E-state index in [9.17, 15) is 19.7 Å². The number of H-pyrrole nitrogens is 1. The normalized spacial score (nSPS) is 11.5. The van der Waals surface area contributed by atoms with Gasteiger partial charge in [-0.15, -0.1) is 20.3 Å². The molecule has 4 aromatic carbocycles. The Morgan fingerprint density at radius 3 is 2.27 bits per heavy atom. The molecule has 51 heavy (non-hydrogen) atoms. The predicted octanol–water partition coefficient (Wildman–Crippen LogP) is 5.89. The van der Waals surface area contributed by atoms with E-state index in [-0.39, 0.29) is 18.8 Å². The molecule has 1 atom stereocenters. The summed E-state index contributed by atoms with van der Waals surface area (Å²) in [7, 11) is 0. The topological polar surface area (TPSA) is 196 Å². The van der Waals surface area contributed by atoms with E-state index in [1.807, 2.05) is 55.5 Å². The van der Waals surface area contributed by atoms with Gasteiger partial charge in [-0.3, -0.25) is 4.57 Å². The molecule has 2 heterocycles. The van der Waals surface area contributed by atoms with Crippen LogP contribution in [0.15, 0.2) is 91.0 Å². The monoisotopic (exact) mass is 693 g/mol. The number of carbonyl (C=O) groups excluding carboxylic acids is 2. The first kappa shape index (κ1) is 34.0. The number of benzene rings is 4. The molecule has 0 saturated heterocycles. The van der Waals surface area contributed by atoms with Crippen LogP contribution in [0.3, 0.4) is 0 Å². The maximum Gasteiger partial charge on any atom is 0.511 e. The average molecular weight is 694 g/mol. The van der Waals surface area contributed by atoms with Crippen LogP contribution in [0.1, 0.15) is 40.9 Å². The number of nitrogens with one attached hydrogen (secondary N) is 1. The van der Waals surface area contributed by atoms with Gasteiger partial charge in [0.25, 0.3) is 11.1 Å². The highest BCUT2D eigenvalue weighted by Gasteiger charge is 2.23. The number of carbonyl (C=O) groups is 2. The molecule has 0 spiro atoms. The number of rotatable bonds is 14. The van der Waals surface area contributed by atoms with Crippen LogP contribution < -0.4 is 4.74 Å². The fourth-order valence-corrected chi connectivity index (χ4v) is 5.30. The summed E-state index contributed by atoms with van der Waals surface area (Å²) in [6.45, 7) is 3.57. The highest BCUT2D eigenvalue weighted by Crippen LogP contribution is 2.31. The summed E-state index contributed by atoms with van der Waals surface area (Å²) in [5.41, 5.74) is 6.02. The van der Waals surface area contributed by atoms with E-state index < -0.39 is 23.5 Å². The number of nitrogens with zero attached hydrogens (tertiary/aromatic N) is 6. The third-order valence-corrected chi connectivity index (χ3v) is 7.60. The zero-order chi connectivity index (χ0) is 35.7. The summed E-state index contributed by atoms with van der Waals surface area (Å²) in [5.74, 6) is -0.254. The highest BCUT2D eigenvalue weighted by atomic mass is 16.9. The van der Waals surface area contributed by atoms with Crippen molar-refractivity contribution in [2.45, 2.75) is 39.9 Å². The number of aromatic nitrogens is 6. The van der Waals surface area contributed by atoms with Crippen LogP contribution in [0.2, 0.25) is 0 Å². The SMILES string of the molecule is CCOc1nc2cccc(C(=O)OC(C)OC(=O)OCc3ccc(CO[N+](=O)[O-])cc3)c2n1Cc1ccc(-c2ccccc2-c2nn[nH]n2)cc1.